The van der Waals surface area contributed by atoms with Crippen molar-refractivity contribution in [3.8, 4) is 5.75 Å². The van der Waals surface area contributed by atoms with Gasteiger partial charge in [-0.15, -0.1) is 0 Å². The van der Waals surface area contributed by atoms with Gasteiger partial charge in [-0.2, -0.15) is 0 Å². The van der Waals surface area contributed by atoms with Gasteiger partial charge in [-0.25, -0.2) is 9.59 Å². The SMILES string of the molecule is O=C(/C=C/c1ccc(C(=O)O)cc1)Oc1cc#ccc1. The normalized spacial score (nSPS) is 10.0. The minimum absolute atomic E-state index is 0.195. The molecular weight excluding hydrogens is 256 g/mol. The van der Waals surface area contributed by atoms with E-state index in [1.165, 1.54) is 24.3 Å². The van der Waals surface area contributed by atoms with Crippen LogP contribution in [-0.4, -0.2) is 17.0 Å². The van der Waals surface area contributed by atoms with Crippen LogP contribution in [0.3, 0.4) is 0 Å². The third kappa shape index (κ3) is 3.72. The van der Waals surface area contributed by atoms with Crippen LogP contribution in [0.1, 0.15) is 15.9 Å². The van der Waals surface area contributed by atoms with E-state index >= 15 is 0 Å². The Hall–Kier alpha value is -3.06. The summed E-state index contributed by atoms with van der Waals surface area (Å²) in [5.41, 5.74) is 0.903. The predicted molar refractivity (Wildman–Crippen MR) is 72.2 cm³/mol. The molecule has 20 heavy (non-hydrogen) atoms. The average Bonchev–Trinajstić information content (AvgIpc) is 2.46. The van der Waals surface area contributed by atoms with Crippen molar-refractivity contribution in [1.29, 1.82) is 0 Å². The number of rotatable bonds is 4. The van der Waals surface area contributed by atoms with Crippen molar-refractivity contribution in [2.75, 3.05) is 0 Å². The maximum Gasteiger partial charge on any atom is 0.336 e. The Kier molecular flexibility index (Phi) is 4.15. The first-order valence-corrected chi connectivity index (χ1v) is 5.76. The first-order valence-electron chi connectivity index (χ1n) is 5.76. The van der Waals surface area contributed by atoms with E-state index in [9.17, 15) is 9.59 Å². The van der Waals surface area contributed by atoms with Crippen LogP contribution in [0.4, 0.5) is 0 Å². The first-order chi connectivity index (χ1) is 9.65. The Morgan fingerprint density at radius 1 is 1.10 bits per heavy atom. The molecule has 0 saturated carbocycles. The fourth-order valence-electron chi connectivity index (χ4n) is 1.45. The van der Waals surface area contributed by atoms with Gasteiger partial charge in [0.15, 0.2) is 0 Å². The van der Waals surface area contributed by atoms with Gasteiger partial charge in [-0.3, -0.25) is 0 Å². The Bertz CT molecular complexity index is 627. The van der Waals surface area contributed by atoms with Gasteiger partial charge >= 0.3 is 11.9 Å². The van der Waals surface area contributed by atoms with E-state index in [-0.39, 0.29) is 5.56 Å². The summed E-state index contributed by atoms with van der Waals surface area (Å²) in [5.74, 6) is -1.12. The summed E-state index contributed by atoms with van der Waals surface area (Å²) < 4.78 is 5.03. The second kappa shape index (κ2) is 6.21. The maximum absolute atomic E-state index is 11.5. The van der Waals surface area contributed by atoms with E-state index in [1.54, 1.807) is 30.3 Å². The second-order valence-corrected chi connectivity index (χ2v) is 3.85. The molecule has 2 aromatic carbocycles. The number of carbonyl (C=O) groups excluding carboxylic acids is 1. The van der Waals surface area contributed by atoms with Crippen molar-refractivity contribution in [2.24, 2.45) is 0 Å². The summed E-state index contributed by atoms with van der Waals surface area (Å²) >= 11 is 0. The molecule has 2 aromatic rings. The van der Waals surface area contributed by atoms with Crippen molar-refractivity contribution >= 4 is 18.0 Å². The lowest BCUT2D eigenvalue weighted by atomic mass is 10.1. The lowest BCUT2D eigenvalue weighted by Gasteiger charge is -1.98. The van der Waals surface area contributed by atoms with Gasteiger partial charge in [-0.1, -0.05) is 24.3 Å². The summed E-state index contributed by atoms with van der Waals surface area (Å²) in [6.45, 7) is 0. The summed E-state index contributed by atoms with van der Waals surface area (Å²) in [7, 11) is 0. The number of carbonyl (C=O) groups is 2. The van der Waals surface area contributed by atoms with E-state index in [4.69, 9.17) is 9.84 Å². The molecule has 0 aliphatic heterocycles. The topological polar surface area (TPSA) is 63.6 Å². The molecule has 0 heterocycles. The van der Waals surface area contributed by atoms with Crippen molar-refractivity contribution < 1.29 is 19.4 Å². The molecule has 0 saturated heterocycles. The molecule has 4 heteroatoms. The molecule has 4 nitrogen and oxygen atoms in total. The van der Waals surface area contributed by atoms with Gasteiger partial charge in [-0.05, 0) is 35.9 Å². The highest BCUT2D eigenvalue weighted by atomic mass is 16.5. The van der Waals surface area contributed by atoms with Gasteiger partial charge < -0.3 is 9.84 Å². The molecule has 0 radical (unpaired) electrons. The fraction of sp³-hybridized carbons (Fsp3) is 0. The summed E-state index contributed by atoms with van der Waals surface area (Å²) in [6, 6.07) is 16.2. The zero-order valence-corrected chi connectivity index (χ0v) is 10.4. The maximum atomic E-state index is 11.5. The van der Waals surface area contributed by atoms with E-state index in [1.807, 2.05) is 0 Å². The van der Waals surface area contributed by atoms with Crippen LogP contribution in [0.15, 0.2) is 48.5 Å². The number of carboxylic acid groups (broad SMARTS) is 1. The number of hydrogen-bond acceptors (Lipinski definition) is 3. The van der Waals surface area contributed by atoms with Gasteiger partial charge in [0.1, 0.15) is 5.75 Å². The van der Waals surface area contributed by atoms with E-state index in [2.05, 4.69) is 12.1 Å². The van der Waals surface area contributed by atoms with Gasteiger partial charge in [0, 0.05) is 12.1 Å². The molecule has 0 spiro atoms. The highest BCUT2D eigenvalue weighted by Crippen LogP contribution is 2.08. The monoisotopic (exact) mass is 266 g/mol. The molecule has 1 N–H and O–H groups in total. The quantitative estimate of drug-likeness (QED) is 0.682. The third-order valence-corrected chi connectivity index (χ3v) is 2.42. The minimum Gasteiger partial charge on any atom is -0.478 e. The Morgan fingerprint density at radius 3 is 2.45 bits per heavy atom. The molecule has 0 fully saturated rings. The van der Waals surface area contributed by atoms with E-state index in [0.717, 1.165) is 0 Å². The van der Waals surface area contributed by atoms with Crippen LogP contribution < -0.4 is 4.74 Å². The van der Waals surface area contributed by atoms with Crippen LogP contribution in [-0.2, 0) is 4.79 Å². The van der Waals surface area contributed by atoms with E-state index in [0.29, 0.717) is 11.3 Å². The predicted octanol–water partition coefficient (Wildman–Crippen LogP) is 2.60. The molecule has 0 atom stereocenters. The molecular formula is C16H10O4. The number of benzene rings is 1. The Morgan fingerprint density at radius 2 is 1.85 bits per heavy atom. The lowest BCUT2D eigenvalue weighted by molar-refractivity contribution is -0.128. The van der Waals surface area contributed by atoms with Gasteiger partial charge in [0.25, 0.3) is 0 Å². The number of aromatic carboxylic acids is 1. The molecule has 98 valence electrons. The van der Waals surface area contributed by atoms with Gasteiger partial charge in [0.2, 0.25) is 0 Å². The Balaban J connectivity index is 1.98. The number of carboxylic acids is 1. The highest BCUT2D eigenvalue weighted by molar-refractivity contribution is 5.90. The zero-order chi connectivity index (χ0) is 14.4. The number of ether oxygens (including phenoxy) is 1. The number of esters is 1. The molecule has 0 amide bonds. The van der Waals surface area contributed by atoms with Crippen molar-refractivity contribution in [3.05, 3.63) is 71.8 Å². The van der Waals surface area contributed by atoms with Crippen molar-refractivity contribution in [2.45, 2.75) is 0 Å². The van der Waals surface area contributed by atoms with Crippen LogP contribution in [0, 0.1) is 12.1 Å². The lowest BCUT2D eigenvalue weighted by Crippen LogP contribution is -2.03. The molecule has 0 aliphatic rings. The van der Waals surface area contributed by atoms with Crippen LogP contribution in [0.5, 0.6) is 5.75 Å². The summed E-state index contributed by atoms with van der Waals surface area (Å²) in [6.07, 6.45) is 2.82. The van der Waals surface area contributed by atoms with Crippen LogP contribution >= 0.6 is 0 Å². The van der Waals surface area contributed by atoms with Crippen molar-refractivity contribution in [1.82, 2.24) is 0 Å². The highest BCUT2D eigenvalue weighted by Gasteiger charge is 2.01. The third-order valence-electron chi connectivity index (χ3n) is 2.42. The summed E-state index contributed by atoms with van der Waals surface area (Å²) in [5, 5.41) is 8.76. The second-order valence-electron chi connectivity index (χ2n) is 3.85. The van der Waals surface area contributed by atoms with Crippen molar-refractivity contribution in [3.63, 3.8) is 0 Å². The molecule has 0 aromatic heterocycles. The first kappa shape index (κ1) is 13.4. The minimum atomic E-state index is -0.989. The smallest absolute Gasteiger partial charge is 0.336 e. The average molecular weight is 266 g/mol. The van der Waals surface area contributed by atoms with Gasteiger partial charge in [0.05, 0.1) is 5.56 Å². The molecule has 0 aliphatic carbocycles. The largest absolute Gasteiger partial charge is 0.478 e. The fourth-order valence-corrected chi connectivity index (χ4v) is 1.45. The zero-order valence-electron chi connectivity index (χ0n) is 10.4. The van der Waals surface area contributed by atoms with E-state index < -0.39 is 11.9 Å². The molecule has 2 rings (SSSR count). The standard InChI is InChI=1S/C16H10O4/c17-15(20-14-4-2-1-3-5-14)11-8-12-6-9-13(10-7-12)16(18)19/h2,4-11H,(H,18,19)/b11-8+. The molecule has 0 bridgehead atoms. The summed E-state index contributed by atoms with van der Waals surface area (Å²) in [4.78, 5) is 22.2. The molecule has 0 unspecified atom stereocenters. The number of hydrogen-bond donors (Lipinski definition) is 1. The van der Waals surface area contributed by atoms with Crippen LogP contribution in [0.25, 0.3) is 6.08 Å². The Labute approximate surface area is 115 Å². The van der Waals surface area contributed by atoms with Crippen LogP contribution in [0.2, 0.25) is 0 Å².